The number of carbonyl (C=O) groups excluding carboxylic acids is 1. The van der Waals surface area contributed by atoms with Gasteiger partial charge in [0, 0.05) is 0 Å². The summed E-state index contributed by atoms with van der Waals surface area (Å²) in [5.41, 5.74) is 10.8. The normalized spacial score (nSPS) is 12.5. The Labute approximate surface area is 67.4 Å². The Bertz CT molecular complexity index is 134. The first kappa shape index (κ1) is 10.3. The second-order valence-electron chi connectivity index (χ2n) is 2.50. The van der Waals surface area contributed by atoms with Crippen LogP contribution >= 0.6 is 0 Å². The average molecular weight is 156 g/mol. The van der Waals surface area contributed by atoms with Crippen molar-refractivity contribution in [2.24, 2.45) is 11.5 Å². The molecule has 3 nitrogen and oxygen atoms in total. The number of ketones is 1. The summed E-state index contributed by atoms with van der Waals surface area (Å²) in [6.07, 6.45) is 3.82. The van der Waals surface area contributed by atoms with Gasteiger partial charge in [-0.2, -0.15) is 0 Å². The average Bonchev–Trinajstić information content (AvgIpc) is 2.03. The minimum Gasteiger partial charge on any atom is -0.330 e. The van der Waals surface area contributed by atoms with E-state index in [-0.39, 0.29) is 11.8 Å². The molecule has 0 saturated carbocycles. The number of nitrogens with two attached hydrogens (primary N) is 2. The van der Waals surface area contributed by atoms with Gasteiger partial charge < -0.3 is 11.5 Å². The zero-order valence-electron chi connectivity index (χ0n) is 6.75. The van der Waals surface area contributed by atoms with E-state index in [0.29, 0.717) is 13.0 Å². The Morgan fingerprint density at radius 3 is 2.64 bits per heavy atom. The Kier molecular flexibility index (Phi) is 5.70. The standard InChI is InChI=1S/C8H16N2O/c1-2-8(11)7(10)5-3-4-6-9/h2,7H,1,3-6,9-10H2/t7-/m0/s1. The molecule has 0 aromatic heterocycles. The second kappa shape index (κ2) is 6.07. The summed E-state index contributed by atoms with van der Waals surface area (Å²) in [4.78, 5) is 10.8. The molecule has 64 valence electrons. The predicted molar refractivity (Wildman–Crippen MR) is 46.1 cm³/mol. The van der Waals surface area contributed by atoms with E-state index in [1.54, 1.807) is 0 Å². The zero-order valence-corrected chi connectivity index (χ0v) is 6.75. The maximum Gasteiger partial charge on any atom is 0.171 e. The summed E-state index contributed by atoms with van der Waals surface area (Å²) in [5, 5.41) is 0. The van der Waals surface area contributed by atoms with Crippen LogP contribution in [-0.2, 0) is 4.79 Å². The fourth-order valence-electron chi connectivity index (χ4n) is 0.802. The van der Waals surface area contributed by atoms with Gasteiger partial charge in [0.25, 0.3) is 0 Å². The van der Waals surface area contributed by atoms with E-state index < -0.39 is 0 Å². The van der Waals surface area contributed by atoms with Gasteiger partial charge in [-0.3, -0.25) is 4.79 Å². The van der Waals surface area contributed by atoms with Crippen LogP contribution in [0.3, 0.4) is 0 Å². The first-order chi connectivity index (χ1) is 5.22. The smallest absolute Gasteiger partial charge is 0.171 e. The number of rotatable bonds is 6. The Balaban J connectivity index is 3.43. The molecule has 0 radical (unpaired) electrons. The van der Waals surface area contributed by atoms with Gasteiger partial charge in [0.2, 0.25) is 0 Å². The highest BCUT2D eigenvalue weighted by atomic mass is 16.1. The van der Waals surface area contributed by atoms with Crippen molar-refractivity contribution in [3.63, 3.8) is 0 Å². The van der Waals surface area contributed by atoms with Crippen molar-refractivity contribution in [3.8, 4) is 0 Å². The minimum absolute atomic E-state index is 0.0815. The van der Waals surface area contributed by atoms with Crippen LogP contribution in [0.15, 0.2) is 12.7 Å². The molecular formula is C8H16N2O. The molecule has 0 unspecified atom stereocenters. The Morgan fingerprint density at radius 2 is 2.18 bits per heavy atom. The van der Waals surface area contributed by atoms with E-state index in [1.807, 2.05) is 0 Å². The monoisotopic (exact) mass is 156 g/mol. The van der Waals surface area contributed by atoms with Crippen molar-refractivity contribution in [3.05, 3.63) is 12.7 Å². The molecule has 0 aliphatic heterocycles. The maximum atomic E-state index is 10.8. The molecule has 3 heteroatoms. The highest BCUT2D eigenvalue weighted by Gasteiger charge is 2.07. The highest BCUT2D eigenvalue weighted by Crippen LogP contribution is 1.98. The van der Waals surface area contributed by atoms with Crippen molar-refractivity contribution < 1.29 is 4.79 Å². The maximum absolute atomic E-state index is 10.8. The third-order valence-electron chi connectivity index (χ3n) is 1.54. The summed E-state index contributed by atoms with van der Waals surface area (Å²) in [6.45, 7) is 4.02. The molecule has 0 aromatic rings. The lowest BCUT2D eigenvalue weighted by atomic mass is 10.1. The van der Waals surface area contributed by atoms with Gasteiger partial charge in [-0.05, 0) is 25.5 Å². The fraction of sp³-hybridized carbons (Fsp3) is 0.625. The summed E-state index contributed by atoms with van der Waals surface area (Å²) in [7, 11) is 0. The largest absolute Gasteiger partial charge is 0.330 e. The SMILES string of the molecule is C=CC(=O)[C@@H](N)CCCCN. The number of carbonyl (C=O) groups is 1. The molecule has 0 amide bonds. The van der Waals surface area contributed by atoms with E-state index in [4.69, 9.17) is 11.5 Å². The molecule has 0 bridgehead atoms. The summed E-state index contributed by atoms with van der Waals surface area (Å²) < 4.78 is 0. The molecule has 4 N–H and O–H groups in total. The molecular weight excluding hydrogens is 140 g/mol. The molecule has 0 rings (SSSR count). The predicted octanol–water partition coefficient (Wildman–Crippen LogP) is 0.198. The highest BCUT2D eigenvalue weighted by molar-refractivity contribution is 5.93. The Hall–Kier alpha value is -0.670. The van der Waals surface area contributed by atoms with E-state index in [0.717, 1.165) is 12.8 Å². The Morgan fingerprint density at radius 1 is 1.55 bits per heavy atom. The summed E-state index contributed by atoms with van der Waals surface area (Å²) in [6, 6.07) is -0.376. The number of unbranched alkanes of at least 4 members (excludes halogenated alkanes) is 1. The lowest BCUT2D eigenvalue weighted by Gasteiger charge is -2.05. The molecule has 0 aliphatic rings. The van der Waals surface area contributed by atoms with Crippen LogP contribution in [-0.4, -0.2) is 18.4 Å². The van der Waals surface area contributed by atoms with Gasteiger partial charge in [-0.25, -0.2) is 0 Å². The van der Waals surface area contributed by atoms with E-state index in [2.05, 4.69) is 6.58 Å². The molecule has 11 heavy (non-hydrogen) atoms. The molecule has 0 spiro atoms. The molecule has 1 atom stereocenters. The first-order valence-corrected chi connectivity index (χ1v) is 3.84. The van der Waals surface area contributed by atoms with Gasteiger partial charge in [-0.15, -0.1) is 0 Å². The summed E-state index contributed by atoms with van der Waals surface area (Å²) >= 11 is 0. The number of hydrogen-bond donors (Lipinski definition) is 2. The van der Waals surface area contributed by atoms with Crippen LogP contribution in [0.25, 0.3) is 0 Å². The van der Waals surface area contributed by atoms with Crippen LogP contribution in [0, 0.1) is 0 Å². The zero-order chi connectivity index (χ0) is 8.69. The van der Waals surface area contributed by atoms with Crippen LogP contribution in [0.4, 0.5) is 0 Å². The van der Waals surface area contributed by atoms with Crippen LogP contribution in [0.5, 0.6) is 0 Å². The van der Waals surface area contributed by atoms with Gasteiger partial charge >= 0.3 is 0 Å². The van der Waals surface area contributed by atoms with E-state index in [9.17, 15) is 4.79 Å². The van der Waals surface area contributed by atoms with Gasteiger partial charge in [0.15, 0.2) is 5.78 Å². The fourth-order valence-corrected chi connectivity index (χ4v) is 0.802. The molecule has 0 saturated heterocycles. The third kappa shape index (κ3) is 4.70. The number of hydrogen-bond acceptors (Lipinski definition) is 3. The van der Waals surface area contributed by atoms with Gasteiger partial charge in [0.05, 0.1) is 6.04 Å². The lowest BCUT2D eigenvalue weighted by molar-refractivity contribution is -0.115. The second-order valence-corrected chi connectivity index (χ2v) is 2.50. The van der Waals surface area contributed by atoms with Gasteiger partial charge in [-0.1, -0.05) is 13.0 Å². The van der Waals surface area contributed by atoms with E-state index >= 15 is 0 Å². The first-order valence-electron chi connectivity index (χ1n) is 3.84. The van der Waals surface area contributed by atoms with Crippen molar-refractivity contribution >= 4 is 5.78 Å². The molecule has 0 aromatic carbocycles. The topological polar surface area (TPSA) is 69.1 Å². The van der Waals surface area contributed by atoms with Crippen LogP contribution in [0.2, 0.25) is 0 Å². The van der Waals surface area contributed by atoms with Crippen LogP contribution in [0.1, 0.15) is 19.3 Å². The minimum atomic E-state index is -0.376. The lowest BCUT2D eigenvalue weighted by Crippen LogP contribution is -2.28. The van der Waals surface area contributed by atoms with Crippen molar-refractivity contribution in [1.82, 2.24) is 0 Å². The third-order valence-corrected chi connectivity index (χ3v) is 1.54. The van der Waals surface area contributed by atoms with Crippen LogP contribution < -0.4 is 11.5 Å². The molecule has 0 aliphatic carbocycles. The van der Waals surface area contributed by atoms with Crippen molar-refractivity contribution in [1.29, 1.82) is 0 Å². The molecule has 0 fully saturated rings. The van der Waals surface area contributed by atoms with Crippen molar-refractivity contribution in [2.75, 3.05) is 6.54 Å². The van der Waals surface area contributed by atoms with E-state index in [1.165, 1.54) is 6.08 Å². The van der Waals surface area contributed by atoms with Gasteiger partial charge in [0.1, 0.15) is 0 Å². The van der Waals surface area contributed by atoms with Crippen molar-refractivity contribution in [2.45, 2.75) is 25.3 Å². The summed E-state index contributed by atoms with van der Waals surface area (Å²) in [5.74, 6) is -0.0815. The quantitative estimate of drug-likeness (QED) is 0.426. The molecule has 0 heterocycles.